The molecule has 0 aliphatic carbocycles. The Kier molecular flexibility index (Phi) is 11.1. The number of rotatable bonds is 14. The van der Waals surface area contributed by atoms with Gasteiger partial charge >= 0.3 is 0 Å². The summed E-state index contributed by atoms with van der Waals surface area (Å²) in [5.74, 6) is 1.38. The highest BCUT2D eigenvalue weighted by molar-refractivity contribution is 7.99. The monoisotopic (exact) mass is 505 g/mol. The maximum atomic E-state index is 12.4. The number of unbranched alkanes of at least 4 members (excludes halogenated alkanes) is 2. The molecule has 194 valence electrons. The molecule has 1 N–H and O–H groups in total. The van der Waals surface area contributed by atoms with Crippen molar-refractivity contribution in [2.75, 3.05) is 12.3 Å². The third-order valence-corrected chi connectivity index (χ3v) is 7.83. The van der Waals surface area contributed by atoms with Crippen molar-refractivity contribution < 1.29 is 4.79 Å². The molecule has 2 aromatic carbocycles. The summed E-state index contributed by atoms with van der Waals surface area (Å²) in [5.41, 5.74) is 7.11. The number of hydrogen-bond acceptors (Lipinski definition) is 3. The van der Waals surface area contributed by atoms with Crippen molar-refractivity contribution in [3.05, 3.63) is 59.7 Å². The molecule has 0 fully saturated rings. The second kappa shape index (κ2) is 14.3. The van der Waals surface area contributed by atoms with E-state index in [1.54, 1.807) is 0 Å². The second-order valence-corrected chi connectivity index (χ2v) is 10.7. The van der Waals surface area contributed by atoms with E-state index in [9.17, 15) is 4.79 Å². The summed E-state index contributed by atoms with van der Waals surface area (Å²) in [7, 11) is 0. The first-order valence-corrected chi connectivity index (χ1v) is 14.6. The van der Waals surface area contributed by atoms with Gasteiger partial charge in [-0.1, -0.05) is 98.1 Å². The summed E-state index contributed by atoms with van der Waals surface area (Å²) < 4.78 is 2.35. The van der Waals surface area contributed by atoms with Crippen molar-refractivity contribution in [2.24, 2.45) is 5.92 Å². The highest BCUT2D eigenvalue weighted by Gasteiger charge is 2.20. The Morgan fingerprint density at radius 1 is 0.917 bits per heavy atom. The molecule has 1 unspecified atom stereocenters. The van der Waals surface area contributed by atoms with Crippen molar-refractivity contribution in [2.45, 2.75) is 84.8 Å². The van der Waals surface area contributed by atoms with Crippen LogP contribution in [0.4, 0.5) is 0 Å². The van der Waals surface area contributed by atoms with E-state index in [1.807, 2.05) is 11.8 Å². The van der Waals surface area contributed by atoms with E-state index in [4.69, 9.17) is 4.98 Å². The van der Waals surface area contributed by atoms with Crippen LogP contribution < -0.4 is 5.32 Å². The van der Waals surface area contributed by atoms with Crippen molar-refractivity contribution in [3.8, 4) is 22.5 Å². The van der Waals surface area contributed by atoms with E-state index in [-0.39, 0.29) is 11.8 Å². The molecule has 0 bridgehead atoms. The summed E-state index contributed by atoms with van der Waals surface area (Å²) in [6.07, 6.45) is 6.24. The zero-order valence-corrected chi connectivity index (χ0v) is 23.6. The number of carbonyl (C=O) groups is 1. The largest absolute Gasteiger partial charge is 0.356 e. The van der Waals surface area contributed by atoms with Crippen LogP contribution in [0.15, 0.2) is 53.7 Å². The molecule has 0 aliphatic rings. The third kappa shape index (κ3) is 7.49. The van der Waals surface area contributed by atoms with Gasteiger partial charge in [-0.25, -0.2) is 4.98 Å². The van der Waals surface area contributed by atoms with E-state index in [0.717, 1.165) is 73.8 Å². The Labute approximate surface area is 222 Å². The molecule has 0 aliphatic heterocycles. The van der Waals surface area contributed by atoms with Gasteiger partial charge in [-0.05, 0) is 46.5 Å². The van der Waals surface area contributed by atoms with Gasteiger partial charge in [-0.15, -0.1) is 0 Å². The topological polar surface area (TPSA) is 46.9 Å². The summed E-state index contributed by atoms with van der Waals surface area (Å²) in [4.78, 5) is 17.6. The van der Waals surface area contributed by atoms with Crippen LogP contribution in [-0.2, 0) is 11.3 Å². The van der Waals surface area contributed by atoms with Crippen LogP contribution >= 0.6 is 11.8 Å². The lowest BCUT2D eigenvalue weighted by atomic mass is 9.98. The van der Waals surface area contributed by atoms with E-state index < -0.39 is 0 Å². The molecule has 1 amide bonds. The van der Waals surface area contributed by atoms with Crippen molar-refractivity contribution in [1.82, 2.24) is 14.9 Å². The molecular formula is C31H43N3OS. The van der Waals surface area contributed by atoms with E-state index in [1.165, 1.54) is 22.4 Å². The summed E-state index contributed by atoms with van der Waals surface area (Å²) in [6.45, 7) is 12.4. The number of aryl methyl sites for hydroxylation is 2. The molecule has 1 aromatic heterocycles. The van der Waals surface area contributed by atoms with Crippen LogP contribution in [-0.4, -0.2) is 27.8 Å². The maximum Gasteiger partial charge on any atom is 0.223 e. The highest BCUT2D eigenvalue weighted by Crippen LogP contribution is 2.36. The van der Waals surface area contributed by atoms with Crippen LogP contribution in [0, 0.1) is 19.8 Å². The predicted molar refractivity (Wildman–Crippen MR) is 155 cm³/mol. The molecule has 1 atom stereocenters. The van der Waals surface area contributed by atoms with Gasteiger partial charge < -0.3 is 9.88 Å². The molecule has 3 rings (SSSR count). The fraction of sp³-hybridized carbons (Fsp3) is 0.484. The molecule has 0 spiro atoms. The number of hydrogen-bond donors (Lipinski definition) is 1. The molecule has 36 heavy (non-hydrogen) atoms. The summed E-state index contributed by atoms with van der Waals surface area (Å²) >= 11 is 1.82. The zero-order valence-electron chi connectivity index (χ0n) is 22.8. The minimum absolute atomic E-state index is 0.164. The van der Waals surface area contributed by atoms with Crippen molar-refractivity contribution >= 4 is 17.7 Å². The minimum Gasteiger partial charge on any atom is -0.356 e. The van der Waals surface area contributed by atoms with Gasteiger partial charge in [-0.3, -0.25) is 4.79 Å². The second-order valence-electron chi connectivity index (χ2n) is 9.66. The third-order valence-electron chi connectivity index (χ3n) is 6.77. The van der Waals surface area contributed by atoms with E-state index >= 15 is 0 Å². The van der Waals surface area contributed by atoms with Gasteiger partial charge in [0.05, 0.1) is 11.4 Å². The van der Waals surface area contributed by atoms with Gasteiger partial charge in [0.2, 0.25) is 5.91 Å². The molecule has 0 radical (unpaired) electrons. The maximum absolute atomic E-state index is 12.4. The number of nitrogens with one attached hydrogen (secondary N) is 1. The van der Waals surface area contributed by atoms with Crippen molar-refractivity contribution in [1.29, 1.82) is 0 Å². The first-order chi connectivity index (χ1) is 17.5. The highest BCUT2D eigenvalue weighted by atomic mass is 32.2. The number of imidazole rings is 1. The zero-order chi connectivity index (χ0) is 25.9. The summed E-state index contributed by atoms with van der Waals surface area (Å²) in [5, 5.41) is 4.23. The smallest absolute Gasteiger partial charge is 0.223 e. The van der Waals surface area contributed by atoms with E-state index in [0.29, 0.717) is 0 Å². The van der Waals surface area contributed by atoms with Gasteiger partial charge in [0, 0.05) is 35.9 Å². The number of thioether (sulfide) groups is 1. The van der Waals surface area contributed by atoms with Crippen LogP contribution in [0.3, 0.4) is 0 Å². The lowest BCUT2D eigenvalue weighted by Gasteiger charge is -2.14. The lowest BCUT2D eigenvalue weighted by Crippen LogP contribution is -2.31. The fourth-order valence-corrected chi connectivity index (χ4v) is 5.53. The average Bonchev–Trinajstić information content (AvgIpc) is 3.25. The number of benzene rings is 2. The van der Waals surface area contributed by atoms with Crippen molar-refractivity contribution in [3.63, 3.8) is 0 Å². The first-order valence-electron chi connectivity index (χ1n) is 13.6. The number of amides is 1. The summed E-state index contributed by atoms with van der Waals surface area (Å²) in [6, 6.07) is 17.4. The number of nitrogens with zero attached hydrogens (tertiary/aromatic N) is 2. The number of aromatic nitrogens is 2. The fourth-order valence-electron chi connectivity index (χ4n) is 4.47. The standard InChI is InChI=1S/C31H43N3OS/c1-6-9-12-25(7-2)30(35)32-21-10-11-22-36-31-33-28(26-17-13-23(4)14-18-26)29(34(31)8-3)27-19-15-24(5)16-20-27/h13-20,25H,6-12,21-22H2,1-5H3,(H,32,35). The molecule has 4 nitrogen and oxygen atoms in total. The van der Waals surface area contributed by atoms with Gasteiger partial charge in [0.1, 0.15) is 0 Å². The van der Waals surface area contributed by atoms with Gasteiger partial charge in [0.15, 0.2) is 5.16 Å². The average molecular weight is 506 g/mol. The molecule has 0 saturated heterocycles. The minimum atomic E-state index is 0.164. The van der Waals surface area contributed by atoms with Gasteiger partial charge in [-0.2, -0.15) is 0 Å². The van der Waals surface area contributed by atoms with Crippen LogP contribution in [0.5, 0.6) is 0 Å². The quantitative estimate of drug-likeness (QED) is 0.178. The Morgan fingerprint density at radius 3 is 2.14 bits per heavy atom. The predicted octanol–water partition coefficient (Wildman–Crippen LogP) is 8.06. The molecule has 3 aromatic rings. The Balaban J connectivity index is 1.67. The van der Waals surface area contributed by atoms with Crippen LogP contribution in [0.1, 0.15) is 70.4 Å². The van der Waals surface area contributed by atoms with Gasteiger partial charge in [0.25, 0.3) is 0 Å². The van der Waals surface area contributed by atoms with Crippen LogP contribution in [0.25, 0.3) is 22.5 Å². The van der Waals surface area contributed by atoms with E-state index in [2.05, 4.69) is 93.0 Å². The Bertz CT molecular complexity index is 1090. The van der Waals surface area contributed by atoms with Crippen LogP contribution in [0.2, 0.25) is 0 Å². The SMILES string of the molecule is CCCCC(CC)C(=O)NCCCCSc1nc(-c2ccc(C)cc2)c(-c2ccc(C)cc2)n1CC. The Morgan fingerprint density at radius 2 is 1.56 bits per heavy atom. The molecule has 5 heteroatoms. The molecule has 1 heterocycles. The normalized spacial score (nSPS) is 12.0. The lowest BCUT2D eigenvalue weighted by molar-refractivity contribution is -0.125. The number of carbonyl (C=O) groups excluding carboxylic acids is 1. The first kappa shape index (κ1) is 28.0. The Hall–Kier alpha value is -2.53. The molecule has 0 saturated carbocycles. The molecular weight excluding hydrogens is 462 g/mol.